The number of hydrogen-bond acceptors (Lipinski definition) is 7. The summed E-state index contributed by atoms with van der Waals surface area (Å²) in [6.07, 6.45) is -8.91. The molecule has 0 saturated carbocycles. The maximum Gasteiger partial charge on any atom is 0.416 e. The highest BCUT2D eigenvalue weighted by atomic mass is 31.2. The largest absolute Gasteiger partial charge is 0.860 e. The van der Waals surface area contributed by atoms with E-state index in [1.165, 1.54) is 31.8 Å². The second-order valence-electron chi connectivity index (χ2n) is 16.9. The Hall–Kier alpha value is -8.00. The minimum Gasteiger partial charge on any atom is -0.860 e. The van der Waals surface area contributed by atoms with Gasteiger partial charge in [-0.3, -0.25) is 20.2 Å². The summed E-state index contributed by atoms with van der Waals surface area (Å²) < 4.78 is 77.5. The lowest BCUT2D eigenvalue weighted by Gasteiger charge is -2.27. The van der Waals surface area contributed by atoms with Crippen molar-refractivity contribution in [3.05, 3.63) is 291 Å². The Morgan fingerprint density at radius 3 is 0.842 bits per heavy atom. The number of nitrogens with zero attached hydrogens (tertiary/aromatic N) is 2. The quantitative estimate of drug-likeness (QED) is 0.0347. The lowest BCUT2D eigenvalue weighted by Crippen LogP contribution is -2.50. The summed E-state index contributed by atoms with van der Waals surface area (Å²) in [5, 5.41) is 50.9. The number of halogens is 6. The molecule has 0 spiro atoms. The molecule has 0 aromatic heterocycles. The predicted octanol–water partition coefficient (Wildman–Crippen LogP) is 11.0. The van der Waals surface area contributed by atoms with Gasteiger partial charge in [-0.15, -0.1) is 0 Å². The molecule has 76 heavy (non-hydrogen) atoms. The molecular weight excluding hydrogens is 1020 g/mol. The first-order chi connectivity index (χ1) is 36.4. The number of benzene rings is 9. The average Bonchev–Trinajstić information content (AvgIpc) is 3.43. The molecule has 0 saturated heterocycles. The normalized spacial score (nSPS) is 11.5. The first-order valence-corrected chi connectivity index (χ1v) is 27.2. The fraction of sp³-hybridized carbons (Fsp3) is 0.0690. The van der Waals surface area contributed by atoms with Crippen molar-refractivity contribution in [3.63, 3.8) is 0 Å². The zero-order chi connectivity index (χ0) is 54.4. The van der Waals surface area contributed by atoms with E-state index in [0.29, 0.717) is 12.3 Å². The Morgan fingerprint density at radius 2 is 0.618 bits per heavy atom. The van der Waals surface area contributed by atoms with E-state index in [2.05, 4.69) is 150 Å². The summed E-state index contributed by atoms with van der Waals surface area (Å²) in [5.74, 6) is -1.08. The summed E-state index contributed by atoms with van der Waals surface area (Å²) >= 11 is 0. The minimum absolute atomic E-state index is 0.141. The van der Waals surface area contributed by atoms with E-state index in [1.54, 1.807) is 24.3 Å². The van der Waals surface area contributed by atoms with Gasteiger partial charge in [-0.1, -0.05) is 133 Å². The second kappa shape index (κ2) is 25.0. The molecule has 9 nitrogen and oxygen atoms in total. The van der Waals surface area contributed by atoms with Crippen molar-refractivity contribution >= 4 is 65.0 Å². The van der Waals surface area contributed by atoms with Crippen molar-refractivity contribution in [1.29, 1.82) is 0 Å². The third-order valence-corrected chi connectivity index (χ3v) is 20.9. The van der Waals surface area contributed by atoms with Gasteiger partial charge in [0.1, 0.15) is 66.0 Å². The van der Waals surface area contributed by atoms with E-state index in [0.717, 1.165) is 11.1 Å². The molecule has 0 N–H and O–H groups in total. The third kappa shape index (κ3) is 13.4. The molecule has 9 aromatic carbocycles. The van der Waals surface area contributed by atoms with Crippen molar-refractivity contribution in [3.8, 4) is 5.75 Å². The van der Waals surface area contributed by atoms with Crippen molar-refractivity contribution in [2.75, 3.05) is 0 Å². The summed E-state index contributed by atoms with van der Waals surface area (Å²) in [7, 11) is -7.31. The number of rotatable bonds is 14. The molecule has 0 unspecified atom stereocenters. The zero-order valence-corrected chi connectivity index (χ0v) is 41.9. The number of hydrogen-bond donors (Lipinski definition) is 0. The van der Waals surface area contributed by atoms with Gasteiger partial charge in [0, 0.05) is 12.1 Å². The molecule has 384 valence electrons. The molecule has 0 bridgehead atoms. The molecule has 0 heterocycles. The average molecular weight is 1070 g/mol. The summed E-state index contributed by atoms with van der Waals surface area (Å²) in [6, 6.07) is 76.9. The topological polar surface area (TPSA) is 142 Å². The Bertz CT molecular complexity index is 2910. The summed E-state index contributed by atoms with van der Waals surface area (Å²) in [6.45, 7) is 0. The van der Waals surface area contributed by atoms with Gasteiger partial charge < -0.3 is 14.7 Å². The van der Waals surface area contributed by atoms with Crippen molar-refractivity contribution in [2.45, 2.75) is 24.7 Å². The van der Waals surface area contributed by atoms with Crippen LogP contribution < -0.4 is 46.5 Å². The van der Waals surface area contributed by atoms with Crippen molar-refractivity contribution < 1.29 is 50.9 Å². The molecule has 0 amide bonds. The predicted molar refractivity (Wildman–Crippen MR) is 287 cm³/mol. The summed E-state index contributed by atoms with van der Waals surface area (Å²) in [4.78, 5) is 22.9. The van der Waals surface area contributed by atoms with Gasteiger partial charge in [-0.25, -0.2) is 0 Å². The second-order valence-corrected chi connectivity index (χ2v) is 23.8. The molecule has 9 rings (SSSR count). The molecule has 0 atom stereocenters. The van der Waals surface area contributed by atoms with Crippen LogP contribution in [0.2, 0.25) is 0 Å². The SMILES string of the molecule is O=[N+]([O-])c1ccccc1C[P+](c1ccccc1)(c1ccccc1)c1ccccc1.O=[N+]([O-])c1ccccc1C[P+](c1ccccc1)(c1ccccc1)c1ccccc1.[O-]B([O-])Oc1cc(C(F)(F)F)cc(C(F)(F)F)c1. The highest BCUT2D eigenvalue weighted by Crippen LogP contribution is 2.60. The van der Waals surface area contributed by atoms with Gasteiger partial charge in [0.2, 0.25) is 0 Å². The van der Waals surface area contributed by atoms with Crippen LogP contribution in [-0.4, -0.2) is 17.2 Å². The van der Waals surface area contributed by atoms with Crippen molar-refractivity contribution in [1.82, 2.24) is 0 Å². The Morgan fingerprint density at radius 1 is 0.382 bits per heavy atom. The monoisotopic (exact) mass is 1070 g/mol. The number of alkyl halides is 6. The van der Waals surface area contributed by atoms with E-state index < -0.39 is 51.1 Å². The lowest BCUT2D eigenvalue weighted by molar-refractivity contribution is -0.385. The fourth-order valence-corrected chi connectivity index (χ4v) is 17.3. The van der Waals surface area contributed by atoms with Gasteiger partial charge in [0.25, 0.3) is 11.4 Å². The third-order valence-electron chi connectivity index (χ3n) is 12.2. The molecule has 0 aliphatic rings. The lowest BCUT2D eigenvalue weighted by atomic mass is 10.1. The van der Waals surface area contributed by atoms with Crippen LogP contribution in [0.4, 0.5) is 37.7 Å². The zero-order valence-electron chi connectivity index (χ0n) is 40.1. The maximum atomic E-state index is 12.3. The van der Waals surface area contributed by atoms with Gasteiger partial charge >= 0.3 is 12.4 Å². The smallest absolute Gasteiger partial charge is 0.416 e. The fourth-order valence-electron chi connectivity index (χ4n) is 8.80. The molecule has 0 fully saturated rings. The van der Waals surface area contributed by atoms with Gasteiger partial charge in [-0.2, -0.15) is 26.3 Å². The first-order valence-electron chi connectivity index (χ1n) is 23.3. The van der Waals surface area contributed by atoms with Crippen LogP contribution in [-0.2, 0) is 24.7 Å². The van der Waals surface area contributed by atoms with E-state index in [9.17, 15) is 56.6 Å². The van der Waals surface area contributed by atoms with Gasteiger partial charge in [0.15, 0.2) is 0 Å². The Kier molecular flexibility index (Phi) is 18.4. The first kappa shape index (κ1) is 55.7. The van der Waals surface area contributed by atoms with E-state index in [-0.39, 0.29) is 39.4 Å². The standard InChI is InChI=1S/2C25H21NO2P.C8H3BF6O3/c2*27-26(28)25-19-11-10-12-21(25)20-29(22-13-4-1-5-14-22,23-15-6-2-7-16-23)24-17-8-3-9-18-24;10-7(11,12)4-1-5(8(13,14)15)3-6(2-4)18-9(16)17/h2*1-19H,20H2;1-3H/q2*+1;-2. The molecular formula is C58H45BF6N2O7P2. The van der Waals surface area contributed by atoms with Crippen LogP contribution >= 0.6 is 14.5 Å². The van der Waals surface area contributed by atoms with Crippen LogP contribution in [0.1, 0.15) is 22.3 Å². The molecule has 0 aliphatic carbocycles. The van der Waals surface area contributed by atoms with E-state index in [4.69, 9.17) is 0 Å². The summed E-state index contributed by atoms with van der Waals surface area (Å²) in [5.41, 5.74) is -1.43. The van der Waals surface area contributed by atoms with Gasteiger partial charge in [-0.05, 0) is 103 Å². The van der Waals surface area contributed by atoms with Crippen LogP contribution in [0, 0.1) is 20.2 Å². The van der Waals surface area contributed by atoms with Crippen LogP contribution in [0.5, 0.6) is 5.75 Å². The van der Waals surface area contributed by atoms with Crippen LogP contribution in [0.15, 0.2) is 249 Å². The Labute approximate surface area is 435 Å². The van der Waals surface area contributed by atoms with Crippen molar-refractivity contribution in [2.24, 2.45) is 0 Å². The highest BCUT2D eigenvalue weighted by molar-refractivity contribution is 7.95. The number of nitro groups is 2. The van der Waals surface area contributed by atoms with Crippen LogP contribution in [0.25, 0.3) is 0 Å². The maximum absolute atomic E-state index is 12.3. The van der Waals surface area contributed by atoms with Crippen LogP contribution in [0.3, 0.4) is 0 Å². The van der Waals surface area contributed by atoms with E-state index >= 15 is 0 Å². The van der Waals surface area contributed by atoms with Gasteiger partial charge in [0.05, 0.1) is 37.8 Å². The number of para-hydroxylation sites is 2. The Balaban J connectivity index is 0.000000171. The molecule has 18 heteroatoms. The number of nitro benzene ring substituents is 2. The highest BCUT2D eigenvalue weighted by Gasteiger charge is 2.48. The molecule has 0 aliphatic heterocycles. The molecule has 9 aromatic rings. The molecule has 0 radical (unpaired) electrons. The minimum atomic E-state index is -5.05. The van der Waals surface area contributed by atoms with E-state index in [1.807, 2.05) is 60.7 Å².